The first-order valence-electron chi connectivity index (χ1n) is 8.68. The molecular formula is C21H24O6. The van der Waals surface area contributed by atoms with Gasteiger partial charge in [0.25, 0.3) is 0 Å². The number of ketones is 2. The van der Waals surface area contributed by atoms with Crippen molar-refractivity contribution in [2.45, 2.75) is 32.1 Å². The van der Waals surface area contributed by atoms with Crippen LogP contribution in [0.5, 0.6) is 23.0 Å². The molecule has 0 saturated carbocycles. The number of carbonyl (C=O) groups is 2. The van der Waals surface area contributed by atoms with Crippen LogP contribution in [0.15, 0.2) is 36.4 Å². The number of rotatable bonds is 10. The van der Waals surface area contributed by atoms with Crippen LogP contribution in [0, 0.1) is 0 Å². The predicted molar refractivity (Wildman–Crippen MR) is 101 cm³/mol. The molecule has 0 spiro atoms. The van der Waals surface area contributed by atoms with Gasteiger partial charge in [-0.1, -0.05) is 12.1 Å². The molecule has 6 heteroatoms. The molecule has 2 N–H and O–H groups in total. The van der Waals surface area contributed by atoms with E-state index in [2.05, 4.69) is 0 Å². The van der Waals surface area contributed by atoms with Crippen LogP contribution in [-0.2, 0) is 22.4 Å². The van der Waals surface area contributed by atoms with Crippen LogP contribution in [0.25, 0.3) is 0 Å². The molecule has 6 nitrogen and oxygen atoms in total. The summed E-state index contributed by atoms with van der Waals surface area (Å²) in [5, 5.41) is 19.5. The van der Waals surface area contributed by atoms with E-state index in [-0.39, 0.29) is 42.3 Å². The Labute approximate surface area is 158 Å². The smallest absolute Gasteiger partial charge is 0.160 e. The normalized spacial score (nSPS) is 10.4. The molecule has 0 amide bonds. The van der Waals surface area contributed by atoms with Crippen molar-refractivity contribution < 1.29 is 29.3 Å². The first kappa shape index (κ1) is 20.3. The number of Topliss-reactive ketones (excluding diaryl/α,β-unsaturated/α-hetero) is 2. The molecule has 2 aromatic rings. The van der Waals surface area contributed by atoms with Crippen molar-refractivity contribution in [3.05, 3.63) is 47.5 Å². The monoisotopic (exact) mass is 372 g/mol. The van der Waals surface area contributed by atoms with E-state index in [0.29, 0.717) is 24.3 Å². The van der Waals surface area contributed by atoms with Gasteiger partial charge in [-0.2, -0.15) is 0 Å². The van der Waals surface area contributed by atoms with Gasteiger partial charge in [0.15, 0.2) is 23.0 Å². The van der Waals surface area contributed by atoms with Crippen LogP contribution in [0.1, 0.15) is 30.4 Å². The van der Waals surface area contributed by atoms with E-state index in [1.165, 1.54) is 14.2 Å². The summed E-state index contributed by atoms with van der Waals surface area (Å²) in [7, 11) is 2.94. The molecule has 0 radical (unpaired) electrons. The van der Waals surface area contributed by atoms with Crippen LogP contribution in [-0.4, -0.2) is 36.0 Å². The minimum Gasteiger partial charge on any atom is -0.504 e. The second-order valence-corrected chi connectivity index (χ2v) is 6.27. The van der Waals surface area contributed by atoms with Gasteiger partial charge >= 0.3 is 0 Å². The second kappa shape index (κ2) is 9.62. The molecule has 0 aliphatic rings. The lowest BCUT2D eigenvalue weighted by Crippen LogP contribution is -2.09. The molecule has 0 heterocycles. The Morgan fingerprint density at radius 3 is 1.52 bits per heavy atom. The number of phenols is 2. The van der Waals surface area contributed by atoms with Gasteiger partial charge in [0.2, 0.25) is 0 Å². The van der Waals surface area contributed by atoms with E-state index in [9.17, 15) is 19.8 Å². The zero-order valence-electron chi connectivity index (χ0n) is 15.5. The van der Waals surface area contributed by atoms with Crippen molar-refractivity contribution in [1.29, 1.82) is 0 Å². The topological polar surface area (TPSA) is 93.1 Å². The fourth-order valence-electron chi connectivity index (χ4n) is 2.75. The van der Waals surface area contributed by atoms with Crippen molar-refractivity contribution in [3.63, 3.8) is 0 Å². The van der Waals surface area contributed by atoms with Crippen LogP contribution in [0.3, 0.4) is 0 Å². The highest BCUT2D eigenvalue weighted by Crippen LogP contribution is 2.27. The van der Waals surface area contributed by atoms with Crippen molar-refractivity contribution >= 4 is 11.6 Å². The van der Waals surface area contributed by atoms with E-state index in [1.807, 2.05) is 0 Å². The zero-order chi connectivity index (χ0) is 19.8. The Morgan fingerprint density at radius 2 is 1.19 bits per heavy atom. The molecular weight excluding hydrogens is 348 g/mol. The van der Waals surface area contributed by atoms with Gasteiger partial charge in [0, 0.05) is 12.8 Å². The van der Waals surface area contributed by atoms with Crippen LogP contribution in [0.2, 0.25) is 0 Å². The molecule has 0 saturated heterocycles. The third-order valence-corrected chi connectivity index (χ3v) is 4.27. The fourth-order valence-corrected chi connectivity index (χ4v) is 2.75. The van der Waals surface area contributed by atoms with Crippen molar-refractivity contribution in [2.75, 3.05) is 14.2 Å². The number of aromatic hydroxyl groups is 2. The number of hydrogen-bond acceptors (Lipinski definition) is 6. The second-order valence-electron chi connectivity index (χ2n) is 6.27. The minimum absolute atomic E-state index is 0.0290. The average molecular weight is 372 g/mol. The summed E-state index contributed by atoms with van der Waals surface area (Å²) < 4.78 is 9.96. The largest absolute Gasteiger partial charge is 0.504 e. The molecule has 144 valence electrons. The Hall–Kier alpha value is -3.02. The van der Waals surface area contributed by atoms with E-state index >= 15 is 0 Å². The number of methoxy groups -OCH3 is 2. The maximum absolute atomic E-state index is 12.0. The lowest BCUT2D eigenvalue weighted by Gasteiger charge is -2.07. The summed E-state index contributed by atoms with van der Waals surface area (Å²) in [6.45, 7) is 0. The third kappa shape index (κ3) is 6.02. The van der Waals surface area contributed by atoms with Crippen molar-refractivity contribution in [3.8, 4) is 23.0 Å². The Balaban J connectivity index is 1.77. The quantitative estimate of drug-likeness (QED) is 0.622. The van der Waals surface area contributed by atoms with E-state index in [1.54, 1.807) is 36.4 Å². The Kier molecular flexibility index (Phi) is 7.23. The zero-order valence-corrected chi connectivity index (χ0v) is 15.5. The molecule has 0 bridgehead atoms. The van der Waals surface area contributed by atoms with Crippen LogP contribution < -0.4 is 9.47 Å². The summed E-state index contributed by atoms with van der Waals surface area (Å²) in [4.78, 5) is 24.0. The summed E-state index contributed by atoms with van der Waals surface area (Å²) in [5.41, 5.74) is 1.62. The van der Waals surface area contributed by atoms with E-state index < -0.39 is 0 Å². The molecule has 0 unspecified atom stereocenters. The maximum atomic E-state index is 12.0. The van der Waals surface area contributed by atoms with Gasteiger partial charge < -0.3 is 19.7 Å². The molecule has 0 fully saturated rings. The maximum Gasteiger partial charge on any atom is 0.160 e. The Bertz CT molecular complexity index is 745. The molecule has 0 aliphatic carbocycles. The molecule has 2 aromatic carbocycles. The van der Waals surface area contributed by atoms with E-state index in [4.69, 9.17) is 9.47 Å². The summed E-state index contributed by atoms with van der Waals surface area (Å²) >= 11 is 0. The van der Waals surface area contributed by atoms with Gasteiger partial charge in [-0.05, 0) is 48.2 Å². The third-order valence-electron chi connectivity index (χ3n) is 4.27. The summed E-state index contributed by atoms with van der Waals surface area (Å²) in [6.07, 6.45) is 1.28. The minimum atomic E-state index is -0.132. The lowest BCUT2D eigenvalue weighted by atomic mass is 10.0. The van der Waals surface area contributed by atoms with Crippen LogP contribution in [0.4, 0.5) is 0 Å². The molecule has 0 aliphatic heterocycles. The number of ether oxygens (including phenoxy) is 2. The number of aryl methyl sites for hydroxylation is 2. The Morgan fingerprint density at radius 1 is 0.778 bits per heavy atom. The highest BCUT2D eigenvalue weighted by molar-refractivity contribution is 5.99. The van der Waals surface area contributed by atoms with Crippen molar-refractivity contribution in [1.82, 2.24) is 0 Å². The highest BCUT2D eigenvalue weighted by Gasteiger charge is 2.12. The van der Waals surface area contributed by atoms with Crippen molar-refractivity contribution in [2.24, 2.45) is 0 Å². The molecule has 2 rings (SSSR count). The average Bonchev–Trinajstić information content (AvgIpc) is 2.65. The first-order chi connectivity index (χ1) is 12.9. The number of phenolic OH excluding ortho intramolecular Hbond substituents is 2. The first-order valence-corrected chi connectivity index (χ1v) is 8.68. The number of hydrogen-bond donors (Lipinski definition) is 2. The van der Waals surface area contributed by atoms with Gasteiger partial charge in [-0.15, -0.1) is 0 Å². The van der Waals surface area contributed by atoms with Gasteiger partial charge in [-0.25, -0.2) is 0 Å². The van der Waals surface area contributed by atoms with Gasteiger partial charge in [0.1, 0.15) is 11.6 Å². The fraction of sp³-hybridized carbons (Fsp3) is 0.333. The highest BCUT2D eigenvalue weighted by atomic mass is 16.5. The molecule has 0 atom stereocenters. The number of carbonyl (C=O) groups excluding carboxylic acids is 2. The van der Waals surface area contributed by atoms with E-state index in [0.717, 1.165) is 11.1 Å². The number of benzene rings is 2. The van der Waals surface area contributed by atoms with Gasteiger partial charge in [-0.3, -0.25) is 9.59 Å². The molecule has 27 heavy (non-hydrogen) atoms. The predicted octanol–water partition coefficient (Wildman–Crippen LogP) is 3.21. The summed E-state index contributed by atoms with van der Waals surface area (Å²) in [5.74, 6) is 0.554. The van der Waals surface area contributed by atoms with Gasteiger partial charge in [0.05, 0.1) is 20.6 Å². The lowest BCUT2D eigenvalue weighted by molar-refractivity contribution is -0.126. The SMILES string of the molecule is COc1ccc(CCC(=O)CC(=O)CCc2ccc(OC)c(O)c2)cc1O. The summed E-state index contributed by atoms with van der Waals surface area (Å²) in [6, 6.07) is 9.97. The van der Waals surface area contributed by atoms with Crippen LogP contribution >= 0.6 is 0 Å². The standard InChI is InChI=1S/C21H24O6/c1-26-20-9-5-14(11-18(20)24)3-7-16(22)13-17(23)8-4-15-6-10-21(27-2)19(25)12-15/h5-6,9-12,24-25H,3-4,7-8,13H2,1-2H3. The molecule has 0 aromatic heterocycles.